The summed E-state index contributed by atoms with van der Waals surface area (Å²) in [7, 11) is 0. The maximum Gasteiger partial charge on any atom is 0.137 e. The van der Waals surface area contributed by atoms with Gasteiger partial charge < -0.3 is 14.9 Å². The first-order valence-electron chi connectivity index (χ1n) is 8.71. The number of hydrogen-bond donors (Lipinski definition) is 4. The van der Waals surface area contributed by atoms with E-state index in [1.54, 1.807) is 6.20 Å². The largest absolute Gasteiger partial charge is 0.507 e. The van der Waals surface area contributed by atoms with E-state index in [1.165, 1.54) is 12.1 Å². The Morgan fingerprint density at radius 3 is 2.64 bits per heavy atom. The first kappa shape index (κ1) is 19.4. The number of nitriles is 1. The van der Waals surface area contributed by atoms with Crippen molar-refractivity contribution >= 4 is 22.9 Å². The topological polar surface area (TPSA) is 110 Å². The van der Waals surface area contributed by atoms with E-state index in [1.807, 2.05) is 24.3 Å². The third kappa shape index (κ3) is 4.48. The minimum absolute atomic E-state index is 0.119. The molecule has 0 saturated carbocycles. The van der Waals surface area contributed by atoms with Crippen LogP contribution in [0, 0.1) is 11.3 Å². The molecule has 28 heavy (non-hydrogen) atoms. The van der Waals surface area contributed by atoms with Gasteiger partial charge in [-0.1, -0.05) is 23.7 Å². The lowest BCUT2D eigenvalue weighted by atomic mass is 9.95. The Bertz CT molecular complexity index is 949. The fourth-order valence-corrected chi connectivity index (χ4v) is 2.88. The van der Waals surface area contributed by atoms with Gasteiger partial charge in [0.2, 0.25) is 0 Å². The molecule has 0 saturated heterocycles. The monoisotopic (exact) mass is 398 g/mol. The smallest absolute Gasteiger partial charge is 0.137 e. The second-order valence-corrected chi connectivity index (χ2v) is 6.49. The number of rotatable bonds is 7. The SMILES string of the molecule is N#CCCCCOc1ccc(C2=CNNN=C2c2cc(Cl)c(O)cc2O)cc1. The average molecular weight is 399 g/mol. The number of benzene rings is 2. The van der Waals surface area contributed by atoms with Crippen molar-refractivity contribution in [3.05, 3.63) is 58.7 Å². The van der Waals surface area contributed by atoms with Gasteiger partial charge in [-0.25, -0.2) is 5.53 Å². The van der Waals surface area contributed by atoms with Crippen LogP contribution >= 0.6 is 11.6 Å². The molecule has 7 nitrogen and oxygen atoms in total. The van der Waals surface area contributed by atoms with Crippen molar-refractivity contribution in [1.29, 1.82) is 5.26 Å². The molecule has 2 aromatic rings. The fourth-order valence-electron chi connectivity index (χ4n) is 2.71. The Balaban J connectivity index is 1.77. The van der Waals surface area contributed by atoms with Gasteiger partial charge in [0.1, 0.15) is 23.0 Å². The number of ether oxygens (including phenoxy) is 1. The summed E-state index contributed by atoms with van der Waals surface area (Å²) in [6.45, 7) is 0.557. The third-order valence-electron chi connectivity index (χ3n) is 4.14. The fraction of sp³-hybridized carbons (Fsp3) is 0.200. The average Bonchev–Trinajstić information content (AvgIpc) is 2.71. The van der Waals surface area contributed by atoms with Crippen LogP contribution in [-0.2, 0) is 0 Å². The van der Waals surface area contributed by atoms with Gasteiger partial charge in [-0.15, -0.1) is 0 Å². The van der Waals surface area contributed by atoms with E-state index in [9.17, 15) is 10.2 Å². The van der Waals surface area contributed by atoms with Crippen LogP contribution in [0.25, 0.3) is 5.57 Å². The van der Waals surface area contributed by atoms with Crippen molar-refractivity contribution in [2.45, 2.75) is 19.3 Å². The zero-order valence-corrected chi connectivity index (χ0v) is 15.7. The normalized spacial score (nSPS) is 12.9. The van der Waals surface area contributed by atoms with Crippen molar-refractivity contribution in [2.75, 3.05) is 6.61 Å². The number of hydrazone groups is 1. The molecule has 0 unspecified atom stereocenters. The second kappa shape index (κ2) is 9.02. The number of unbranched alkanes of at least 4 members (excludes halogenated alkanes) is 2. The standard InChI is InChI=1S/C20H19ClN4O3/c21-17-10-15(18(26)11-19(17)27)20-16(12-23-25-24-20)13-4-6-14(7-5-13)28-9-3-1-2-8-22/h4-7,10-12,23,25-27H,1-3,9H2. The zero-order valence-electron chi connectivity index (χ0n) is 14.9. The molecule has 8 heteroatoms. The summed E-state index contributed by atoms with van der Waals surface area (Å²) in [5.74, 6) is 0.400. The molecule has 0 bridgehead atoms. The highest BCUT2D eigenvalue weighted by atomic mass is 35.5. The van der Waals surface area contributed by atoms with Gasteiger partial charge in [0.05, 0.1) is 17.7 Å². The first-order chi connectivity index (χ1) is 13.6. The molecule has 2 aromatic carbocycles. The minimum Gasteiger partial charge on any atom is -0.507 e. The van der Waals surface area contributed by atoms with Crippen LogP contribution in [0.4, 0.5) is 0 Å². The zero-order chi connectivity index (χ0) is 19.9. The predicted octanol–water partition coefficient (Wildman–Crippen LogP) is 3.68. The molecule has 4 N–H and O–H groups in total. The van der Waals surface area contributed by atoms with Crippen LogP contribution in [0.3, 0.4) is 0 Å². The molecular formula is C20H19ClN4O3. The molecule has 0 spiro atoms. The number of phenols is 2. The highest BCUT2D eigenvalue weighted by Crippen LogP contribution is 2.34. The molecule has 1 aliphatic rings. The Hall–Kier alpha value is -3.37. The van der Waals surface area contributed by atoms with E-state index in [2.05, 4.69) is 22.1 Å². The maximum atomic E-state index is 10.2. The third-order valence-corrected chi connectivity index (χ3v) is 4.44. The molecule has 144 valence electrons. The van der Waals surface area contributed by atoms with Crippen molar-refractivity contribution in [1.82, 2.24) is 11.0 Å². The van der Waals surface area contributed by atoms with Crippen LogP contribution in [0.5, 0.6) is 17.2 Å². The number of halogens is 1. The predicted molar refractivity (Wildman–Crippen MR) is 107 cm³/mol. The van der Waals surface area contributed by atoms with Crippen molar-refractivity contribution in [3.8, 4) is 23.3 Å². The van der Waals surface area contributed by atoms with Crippen molar-refractivity contribution in [3.63, 3.8) is 0 Å². The molecule has 3 rings (SSSR count). The molecule has 0 atom stereocenters. The molecule has 0 amide bonds. The maximum absolute atomic E-state index is 10.2. The number of hydrogen-bond acceptors (Lipinski definition) is 7. The van der Waals surface area contributed by atoms with Crippen LogP contribution in [0.15, 0.2) is 47.7 Å². The Morgan fingerprint density at radius 1 is 1.11 bits per heavy atom. The molecule has 0 aliphatic carbocycles. The first-order valence-corrected chi connectivity index (χ1v) is 9.08. The number of nitrogens with zero attached hydrogens (tertiary/aromatic N) is 2. The van der Waals surface area contributed by atoms with E-state index in [0.29, 0.717) is 24.3 Å². The summed E-state index contributed by atoms with van der Waals surface area (Å²) in [5, 5.41) is 32.7. The lowest BCUT2D eigenvalue weighted by molar-refractivity contribution is 0.307. The molecule has 0 fully saturated rings. The van der Waals surface area contributed by atoms with Gasteiger partial charge in [0.25, 0.3) is 0 Å². The van der Waals surface area contributed by atoms with E-state index in [0.717, 1.165) is 29.7 Å². The number of hydrazine groups is 1. The lowest BCUT2D eigenvalue weighted by Gasteiger charge is -2.18. The van der Waals surface area contributed by atoms with Crippen molar-refractivity contribution < 1.29 is 14.9 Å². The highest BCUT2D eigenvalue weighted by molar-refractivity contribution is 6.36. The second-order valence-electron chi connectivity index (χ2n) is 6.08. The van der Waals surface area contributed by atoms with E-state index in [4.69, 9.17) is 21.6 Å². The van der Waals surface area contributed by atoms with Gasteiger partial charge in [-0.2, -0.15) is 10.4 Å². The van der Waals surface area contributed by atoms with E-state index >= 15 is 0 Å². The quantitative estimate of drug-likeness (QED) is 0.529. The van der Waals surface area contributed by atoms with Gasteiger partial charge >= 0.3 is 0 Å². The van der Waals surface area contributed by atoms with Crippen LogP contribution in [0.1, 0.15) is 30.4 Å². The van der Waals surface area contributed by atoms with E-state index < -0.39 is 0 Å². The van der Waals surface area contributed by atoms with Crippen molar-refractivity contribution in [2.24, 2.45) is 5.10 Å². The Labute approximate surface area is 167 Å². The summed E-state index contributed by atoms with van der Waals surface area (Å²) in [6, 6.07) is 12.2. The number of aromatic hydroxyl groups is 2. The summed E-state index contributed by atoms with van der Waals surface area (Å²) >= 11 is 5.99. The number of phenolic OH excluding ortho intramolecular Hbond substituents is 2. The molecule has 0 aromatic heterocycles. The van der Waals surface area contributed by atoms with Gasteiger partial charge in [-0.05, 0) is 36.6 Å². The Morgan fingerprint density at radius 2 is 1.89 bits per heavy atom. The lowest BCUT2D eigenvalue weighted by Crippen LogP contribution is -2.29. The number of allylic oxidation sites excluding steroid dienone is 1. The summed E-state index contributed by atoms with van der Waals surface area (Å²) in [4.78, 5) is 0. The van der Waals surface area contributed by atoms with Crippen LogP contribution in [0.2, 0.25) is 5.02 Å². The highest BCUT2D eigenvalue weighted by Gasteiger charge is 2.20. The van der Waals surface area contributed by atoms with Gasteiger partial charge in [0.15, 0.2) is 0 Å². The molecule has 1 aliphatic heterocycles. The van der Waals surface area contributed by atoms with Gasteiger partial charge in [0, 0.05) is 29.8 Å². The van der Waals surface area contributed by atoms with Crippen LogP contribution < -0.4 is 15.7 Å². The molecule has 1 heterocycles. The summed E-state index contributed by atoms with van der Waals surface area (Å²) in [6.07, 6.45) is 3.90. The molecule has 0 radical (unpaired) electrons. The summed E-state index contributed by atoms with van der Waals surface area (Å²) in [5.41, 5.74) is 7.93. The van der Waals surface area contributed by atoms with Crippen LogP contribution in [-0.4, -0.2) is 22.5 Å². The summed E-state index contributed by atoms with van der Waals surface area (Å²) < 4.78 is 5.68. The Kier molecular flexibility index (Phi) is 6.25. The van der Waals surface area contributed by atoms with Gasteiger partial charge in [-0.3, -0.25) is 5.43 Å². The molecular weight excluding hydrogens is 380 g/mol. The van der Waals surface area contributed by atoms with E-state index in [-0.39, 0.29) is 16.5 Å². The number of nitrogens with one attached hydrogen (secondary N) is 2. The minimum atomic E-state index is -0.202.